The Morgan fingerprint density at radius 2 is 1.63 bits per heavy atom. The molecule has 5 rings (SSSR count). The second-order valence-corrected chi connectivity index (χ2v) is 11.6. The third-order valence-electron chi connectivity index (χ3n) is 6.92. The molecular weight excluding hydrogens is 536 g/mol. The van der Waals surface area contributed by atoms with E-state index in [1.54, 1.807) is 43.5 Å². The first kappa shape index (κ1) is 28.1. The molecule has 4 aromatic carbocycles. The van der Waals surface area contributed by atoms with Crippen molar-refractivity contribution in [2.75, 3.05) is 6.61 Å². The number of ether oxygens (including phenoxy) is 2. The lowest BCUT2D eigenvalue weighted by Crippen LogP contribution is -2.12. The molecule has 7 nitrogen and oxygen atoms in total. The molecule has 1 heterocycles. The summed E-state index contributed by atoms with van der Waals surface area (Å²) in [6.45, 7) is 4.50. The molecule has 0 aliphatic rings. The van der Waals surface area contributed by atoms with Gasteiger partial charge in [0.1, 0.15) is 12.4 Å². The first-order valence-corrected chi connectivity index (χ1v) is 14.9. The van der Waals surface area contributed by atoms with Gasteiger partial charge < -0.3 is 15.2 Å². The summed E-state index contributed by atoms with van der Waals surface area (Å²) in [6, 6.07) is 27.8. The number of esters is 1. The first-order chi connectivity index (χ1) is 19.8. The fraction of sp³-hybridized carbons (Fsp3) is 0.182. The Labute approximate surface area is 240 Å². The number of benzene rings is 4. The maximum Gasteiger partial charge on any atom is 0.310 e. The highest BCUT2D eigenvalue weighted by Crippen LogP contribution is 2.32. The first-order valence-electron chi connectivity index (χ1n) is 13.4. The van der Waals surface area contributed by atoms with E-state index in [1.165, 1.54) is 3.97 Å². The zero-order chi connectivity index (χ0) is 29.0. The van der Waals surface area contributed by atoms with E-state index in [1.807, 2.05) is 67.6 Å². The normalized spacial score (nSPS) is 11.5. The molecule has 2 N–H and O–H groups in total. The number of aryl methyl sites for hydroxylation is 1. The average molecular weight is 569 g/mol. The van der Waals surface area contributed by atoms with Crippen molar-refractivity contribution in [3.8, 4) is 16.9 Å². The molecule has 41 heavy (non-hydrogen) atoms. The van der Waals surface area contributed by atoms with Crippen LogP contribution in [0.4, 0.5) is 0 Å². The lowest BCUT2D eigenvalue weighted by Gasteiger charge is -2.11. The summed E-state index contributed by atoms with van der Waals surface area (Å²) in [5, 5.41) is 0.749. The van der Waals surface area contributed by atoms with Crippen LogP contribution < -0.4 is 10.5 Å². The Morgan fingerprint density at radius 1 is 0.878 bits per heavy atom. The van der Waals surface area contributed by atoms with Crippen molar-refractivity contribution in [3.63, 3.8) is 0 Å². The molecule has 0 bridgehead atoms. The molecule has 0 amide bonds. The van der Waals surface area contributed by atoms with Crippen LogP contribution in [0.15, 0.2) is 102 Å². The molecule has 0 atom stereocenters. The van der Waals surface area contributed by atoms with Gasteiger partial charge in [0.15, 0.2) is 0 Å². The maximum atomic E-state index is 13.8. The summed E-state index contributed by atoms with van der Waals surface area (Å²) in [4.78, 5) is 12.3. The van der Waals surface area contributed by atoms with Crippen LogP contribution in [0.3, 0.4) is 0 Å². The maximum absolute atomic E-state index is 13.8. The Morgan fingerprint density at radius 3 is 2.39 bits per heavy atom. The van der Waals surface area contributed by atoms with Crippen molar-refractivity contribution in [1.29, 1.82) is 0 Å². The molecule has 0 saturated carbocycles. The number of fused-ring (bicyclic) bond motifs is 1. The molecule has 0 unspecified atom stereocenters. The predicted octanol–water partition coefficient (Wildman–Crippen LogP) is 6.00. The number of carbonyl (C=O) groups is 1. The minimum Gasteiger partial charge on any atom is -0.489 e. The third-order valence-corrected chi connectivity index (χ3v) is 8.61. The van der Waals surface area contributed by atoms with E-state index in [-0.39, 0.29) is 23.9 Å². The highest BCUT2D eigenvalue weighted by molar-refractivity contribution is 7.90. The van der Waals surface area contributed by atoms with E-state index in [9.17, 15) is 13.2 Å². The largest absolute Gasteiger partial charge is 0.489 e. The van der Waals surface area contributed by atoms with Crippen molar-refractivity contribution >= 4 is 26.9 Å². The number of nitrogens with zero attached hydrogens (tertiary/aromatic N) is 1. The zero-order valence-corrected chi connectivity index (χ0v) is 23.9. The van der Waals surface area contributed by atoms with Crippen LogP contribution in [0, 0.1) is 6.92 Å². The van der Waals surface area contributed by atoms with Gasteiger partial charge in [-0.15, -0.1) is 0 Å². The van der Waals surface area contributed by atoms with Crippen LogP contribution in [0.25, 0.3) is 22.0 Å². The minimum absolute atomic E-state index is 0.0786. The number of hydrogen-bond donors (Lipinski definition) is 1. The molecule has 5 aromatic rings. The summed E-state index contributed by atoms with van der Waals surface area (Å²) >= 11 is 0. The van der Waals surface area contributed by atoms with Crippen molar-refractivity contribution in [2.24, 2.45) is 5.73 Å². The molecule has 0 radical (unpaired) electrons. The van der Waals surface area contributed by atoms with E-state index in [0.717, 1.165) is 27.6 Å². The molecule has 210 valence electrons. The van der Waals surface area contributed by atoms with Crippen molar-refractivity contribution in [2.45, 2.75) is 38.3 Å². The quantitative estimate of drug-likeness (QED) is 0.208. The van der Waals surface area contributed by atoms with Gasteiger partial charge in [-0.2, -0.15) is 0 Å². The van der Waals surface area contributed by atoms with E-state index in [0.29, 0.717) is 35.5 Å². The van der Waals surface area contributed by atoms with Gasteiger partial charge in [-0.1, -0.05) is 60.2 Å². The lowest BCUT2D eigenvalue weighted by molar-refractivity contribution is -0.142. The summed E-state index contributed by atoms with van der Waals surface area (Å²) in [5.41, 5.74) is 11.7. The summed E-state index contributed by atoms with van der Waals surface area (Å²) in [7, 11) is -3.88. The number of para-hydroxylation sites is 1. The fourth-order valence-electron chi connectivity index (χ4n) is 4.77. The highest BCUT2D eigenvalue weighted by atomic mass is 32.2. The summed E-state index contributed by atoms with van der Waals surface area (Å²) in [6.07, 6.45) is 1.70. The lowest BCUT2D eigenvalue weighted by atomic mass is 10.0. The van der Waals surface area contributed by atoms with Crippen LogP contribution in [0.2, 0.25) is 0 Å². The summed E-state index contributed by atoms with van der Waals surface area (Å²) in [5.74, 6) is 0.198. The van der Waals surface area contributed by atoms with E-state index in [2.05, 4.69) is 0 Å². The molecule has 0 aliphatic heterocycles. The zero-order valence-electron chi connectivity index (χ0n) is 23.0. The van der Waals surface area contributed by atoms with E-state index < -0.39 is 10.0 Å². The summed E-state index contributed by atoms with van der Waals surface area (Å²) < 4.78 is 40.2. The van der Waals surface area contributed by atoms with Crippen molar-refractivity contribution in [1.82, 2.24) is 3.97 Å². The van der Waals surface area contributed by atoms with Crippen molar-refractivity contribution < 1.29 is 22.7 Å². The van der Waals surface area contributed by atoms with Gasteiger partial charge in [0.25, 0.3) is 10.0 Å². The van der Waals surface area contributed by atoms with Gasteiger partial charge in [-0.05, 0) is 66.9 Å². The number of nitrogens with two attached hydrogens (primary N) is 1. The Bertz CT molecular complexity index is 1810. The SMILES string of the molecule is CCOC(=O)Cc1ccccc1OCc1cn(S(=O)(=O)c2ccc(C)cc2)c2ccc(-c3cccc(CN)c3)cc12. The second kappa shape index (κ2) is 12.0. The highest BCUT2D eigenvalue weighted by Gasteiger charge is 2.22. The Kier molecular flexibility index (Phi) is 8.23. The van der Waals surface area contributed by atoms with Crippen LogP contribution in [0.5, 0.6) is 5.75 Å². The molecule has 0 saturated heterocycles. The molecule has 0 spiro atoms. The van der Waals surface area contributed by atoms with Gasteiger partial charge in [-0.25, -0.2) is 12.4 Å². The molecule has 0 fully saturated rings. The van der Waals surface area contributed by atoms with E-state index >= 15 is 0 Å². The predicted molar refractivity (Wildman–Crippen MR) is 160 cm³/mol. The van der Waals surface area contributed by atoms with Crippen LogP contribution in [0.1, 0.15) is 29.2 Å². The Hall–Kier alpha value is -4.40. The van der Waals surface area contributed by atoms with Crippen molar-refractivity contribution in [3.05, 3.63) is 119 Å². The van der Waals surface area contributed by atoms with Gasteiger partial charge in [-0.3, -0.25) is 4.79 Å². The van der Waals surface area contributed by atoms with E-state index in [4.69, 9.17) is 15.2 Å². The number of carbonyl (C=O) groups excluding carboxylic acids is 1. The number of aromatic nitrogens is 1. The second-order valence-electron chi connectivity index (χ2n) is 9.78. The third kappa shape index (κ3) is 6.04. The molecule has 0 aliphatic carbocycles. The van der Waals surface area contributed by atoms with Gasteiger partial charge >= 0.3 is 5.97 Å². The van der Waals surface area contributed by atoms with Crippen LogP contribution >= 0.6 is 0 Å². The molecule has 8 heteroatoms. The van der Waals surface area contributed by atoms with Gasteiger partial charge in [0, 0.05) is 29.3 Å². The molecule has 1 aromatic heterocycles. The van der Waals surface area contributed by atoms with Crippen LogP contribution in [-0.4, -0.2) is 25.0 Å². The minimum atomic E-state index is -3.88. The molecular formula is C33H32N2O5S. The topological polar surface area (TPSA) is 101 Å². The Balaban J connectivity index is 1.58. The van der Waals surface area contributed by atoms with Crippen LogP contribution in [-0.2, 0) is 39.1 Å². The van der Waals surface area contributed by atoms with Gasteiger partial charge in [0.2, 0.25) is 0 Å². The number of rotatable bonds is 10. The standard InChI is InChI=1S/C33H32N2O5S/c1-3-39-33(36)19-27-8-4-5-10-32(27)40-22-28-21-35(41(37,38)29-14-11-23(2)12-15-29)31-16-13-26(18-30(28)31)25-9-6-7-24(17-25)20-34/h4-18,21H,3,19-20,22,34H2,1-2H3. The smallest absolute Gasteiger partial charge is 0.310 e. The average Bonchev–Trinajstić information content (AvgIpc) is 3.36. The van der Waals surface area contributed by atoms with Gasteiger partial charge in [0.05, 0.1) is 23.4 Å². The monoisotopic (exact) mass is 568 g/mol. The number of hydrogen-bond acceptors (Lipinski definition) is 6. The fourth-order valence-corrected chi connectivity index (χ4v) is 6.17.